The highest BCUT2D eigenvalue weighted by molar-refractivity contribution is 5.98. The third-order valence-corrected chi connectivity index (χ3v) is 4.26. The molecule has 1 aromatic rings. The summed E-state index contributed by atoms with van der Waals surface area (Å²) in [6.45, 7) is 3.03. The molecule has 0 spiro atoms. The van der Waals surface area contributed by atoms with Crippen LogP contribution >= 0.6 is 0 Å². The molecule has 10 heteroatoms. The van der Waals surface area contributed by atoms with Gasteiger partial charge in [0.1, 0.15) is 6.04 Å². The van der Waals surface area contributed by atoms with Crippen LogP contribution in [0.1, 0.15) is 30.6 Å². The number of anilines is 1. The lowest BCUT2D eigenvalue weighted by molar-refractivity contribution is -0.991. The van der Waals surface area contributed by atoms with Crippen molar-refractivity contribution in [1.82, 2.24) is 5.32 Å². The lowest BCUT2D eigenvalue weighted by Crippen LogP contribution is -2.99. The molecule has 0 heterocycles. The molecular weight excluding hydrogens is 370 g/mol. The van der Waals surface area contributed by atoms with Crippen molar-refractivity contribution < 1.29 is 34.3 Å². The summed E-state index contributed by atoms with van der Waals surface area (Å²) in [5.41, 5.74) is 0.385. The predicted molar refractivity (Wildman–Crippen MR) is 100 cm³/mol. The van der Waals surface area contributed by atoms with Crippen molar-refractivity contribution in [1.29, 1.82) is 0 Å². The van der Waals surface area contributed by atoms with Crippen molar-refractivity contribution in [3.8, 4) is 0 Å². The summed E-state index contributed by atoms with van der Waals surface area (Å²) in [4.78, 5) is 38.0. The molecule has 0 aromatic heterocycles. The number of rotatable bonds is 9. The summed E-state index contributed by atoms with van der Waals surface area (Å²) in [5, 5.41) is 21.6. The van der Waals surface area contributed by atoms with Crippen LogP contribution in [0.15, 0.2) is 18.2 Å². The van der Waals surface area contributed by atoms with Gasteiger partial charge < -0.3 is 24.9 Å². The summed E-state index contributed by atoms with van der Waals surface area (Å²) in [5.74, 6) is -2.26. The molecule has 28 heavy (non-hydrogen) atoms. The van der Waals surface area contributed by atoms with Gasteiger partial charge in [0, 0.05) is 26.2 Å². The number of amides is 1. The Morgan fingerprint density at radius 2 is 1.96 bits per heavy atom. The van der Waals surface area contributed by atoms with Crippen molar-refractivity contribution in [3.05, 3.63) is 29.0 Å². The zero-order valence-electron chi connectivity index (χ0n) is 16.6. The zero-order valence-corrected chi connectivity index (χ0v) is 16.6. The molecule has 3 N–H and O–H groups in total. The van der Waals surface area contributed by atoms with Crippen LogP contribution in [0.5, 0.6) is 0 Å². The van der Waals surface area contributed by atoms with Gasteiger partial charge in [-0.1, -0.05) is 20.3 Å². The van der Waals surface area contributed by atoms with E-state index in [2.05, 4.69) is 10.1 Å². The Morgan fingerprint density at radius 3 is 2.46 bits per heavy atom. The minimum Gasteiger partial charge on any atom is -0.595 e. The van der Waals surface area contributed by atoms with Gasteiger partial charge in [0.15, 0.2) is 12.3 Å². The first-order chi connectivity index (χ1) is 13.1. The standard InChI is InChI=1S/C18H27N3O7/c1-6-11(2)16(18(24)27-5)19-15(22)10-28-17(23)13-9-12(21(25)26)7-8-14(13)20(3)4/h7-9,11,16,21,25H,6,10H2,1-5H3,(H,19,22). The number of nitrogens with one attached hydrogen (secondary N) is 2. The van der Waals surface area contributed by atoms with E-state index < -0.39 is 35.7 Å². The highest BCUT2D eigenvalue weighted by Crippen LogP contribution is 2.22. The molecule has 1 rings (SSSR count). The quantitative estimate of drug-likeness (QED) is 0.392. The summed E-state index contributed by atoms with van der Waals surface area (Å²) >= 11 is 0. The highest BCUT2D eigenvalue weighted by atomic mass is 16.8. The van der Waals surface area contributed by atoms with Crippen LogP contribution in [0, 0.1) is 11.1 Å². The molecule has 0 fully saturated rings. The lowest BCUT2D eigenvalue weighted by Gasteiger charge is -2.22. The van der Waals surface area contributed by atoms with Gasteiger partial charge in [0.2, 0.25) is 0 Å². The van der Waals surface area contributed by atoms with Crippen LogP contribution in [0.2, 0.25) is 0 Å². The molecule has 0 aliphatic carbocycles. The molecule has 0 radical (unpaired) electrons. The number of quaternary nitrogens is 1. The third kappa shape index (κ3) is 6.19. The van der Waals surface area contributed by atoms with E-state index in [1.807, 2.05) is 6.92 Å². The summed E-state index contributed by atoms with van der Waals surface area (Å²) in [6, 6.07) is 3.19. The van der Waals surface area contributed by atoms with Gasteiger partial charge in [0.05, 0.1) is 18.4 Å². The molecule has 0 bridgehead atoms. The average molecular weight is 397 g/mol. The Balaban J connectivity index is 2.87. The van der Waals surface area contributed by atoms with Crippen molar-refractivity contribution in [2.24, 2.45) is 5.92 Å². The van der Waals surface area contributed by atoms with Gasteiger partial charge in [-0.05, 0) is 12.0 Å². The van der Waals surface area contributed by atoms with Crippen LogP contribution in [0.4, 0.5) is 11.4 Å². The topological polar surface area (TPSA) is 133 Å². The Morgan fingerprint density at radius 1 is 1.32 bits per heavy atom. The van der Waals surface area contributed by atoms with Gasteiger partial charge in [-0.3, -0.25) is 4.79 Å². The molecular formula is C18H27N3O7. The van der Waals surface area contributed by atoms with E-state index in [9.17, 15) is 19.6 Å². The molecule has 0 saturated carbocycles. The van der Waals surface area contributed by atoms with E-state index in [1.54, 1.807) is 25.9 Å². The number of hydrogen-bond donors (Lipinski definition) is 3. The number of carbonyl (C=O) groups is 3. The van der Waals surface area contributed by atoms with Crippen LogP contribution in [-0.4, -0.2) is 56.9 Å². The maximum absolute atomic E-state index is 12.4. The van der Waals surface area contributed by atoms with E-state index in [1.165, 1.54) is 25.3 Å². The molecule has 10 nitrogen and oxygen atoms in total. The van der Waals surface area contributed by atoms with E-state index in [-0.39, 0.29) is 17.2 Å². The Hall–Kier alpha value is -2.69. The van der Waals surface area contributed by atoms with Gasteiger partial charge in [-0.15, -0.1) is 0 Å². The minimum absolute atomic E-state index is 0.0177. The van der Waals surface area contributed by atoms with E-state index in [0.29, 0.717) is 12.1 Å². The SMILES string of the molecule is CCC(C)C(NC(=O)COC(=O)c1cc([NH+]([O-])O)ccc1N(C)C)C(=O)OC. The molecule has 1 aromatic carbocycles. The van der Waals surface area contributed by atoms with Crippen LogP contribution in [0.3, 0.4) is 0 Å². The normalized spacial score (nSPS) is 13.8. The molecule has 0 aliphatic heterocycles. The number of hydrogen-bond acceptors (Lipinski definition) is 8. The van der Waals surface area contributed by atoms with E-state index in [0.717, 1.165) is 0 Å². The van der Waals surface area contributed by atoms with Crippen molar-refractivity contribution in [3.63, 3.8) is 0 Å². The Labute approximate surface area is 163 Å². The summed E-state index contributed by atoms with van der Waals surface area (Å²) in [7, 11) is 4.60. The molecule has 0 aliphatic rings. The maximum Gasteiger partial charge on any atom is 0.340 e. The lowest BCUT2D eigenvalue weighted by atomic mass is 9.99. The number of methoxy groups -OCH3 is 1. The van der Waals surface area contributed by atoms with Gasteiger partial charge in [-0.2, -0.15) is 5.23 Å². The number of nitrogens with zero attached hydrogens (tertiary/aromatic N) is 1. The number of esters is 2. The zero-order chi connectivity index (χ0) is 21.4. The van der Waals surface area contributed by atoms with Crippen LogP contribution in [-0.2, 0) is 19.1 Å². The molecule has 3 unspecified atom stereocenters. The smallest absolute Gasteiger partial charge is 0.340 e. The Kier molecular flexibility index (Phi) is 8.83. The fourth-order valence-electron chi connectivity index (χ4n) is 2.44. The van der Waals surface area contributed by atoms with Gasteiger partial charge >= 0.3 is 11.9 Å². The fraction of sp³-hybridized carbons (Fsp3) is 0.500. The van der Waals surface area contributed by atoms with Crippen molar-refractivity contribution >= 4 is 29.2 Å². The van der Waals surface area contributed by atoms with Gasteiger partial charge in [0.25, 0.3) is 5.91 Å². The second-order valence-electron chi connectivity index (χ2n) is 6.46. The summed E-state index contributed by atoms with van der Waals surface area (Å²) in [6.07, 6.45) is 0.633. The number of ether oxygens (including phenoxy) is 2. The maximum atomic E-state index is 12.4. The second-order valence-corrected chi connectivity index (χ2v) is 6.46. The monoisotopic (exact) mass is 397 g/mol. The number of benzene rings is 1. The molecule has 0 saturated heterocycles. The van der Waals surface area contributed by atoms with Crippen molar-refractivity contribution in [2.75, 3.05) is 32.7 Å². The number of carbonyl (C=O) groups excluding carboxylic acids is 3. The second kappa shape index (κ2) is 10.6. The Bertz CT molecular complexity index is 706. The van der Waals surface area contributed by atoms with Gasteiger partial charge in [-0.25, -0.2) is 14.8 Å². The fourth-order valence-corrected chi connectivity index (χ4v) is 2.44. The largest absolute Gasteiger partial charge is 0.595 e. The first-order valence-corrected chi connectivity index (χ1v) is 8.71. The summed E-state index contributed by atoms with van der Waals surface area (Å²) < 4.78 is 9.71. The van der Waals surface area contributed by atoms with Crippen molar-refractivity contribution in [2.45, 2.75) is 26.3 Å². The van der Waals surface area contributed by atoms with Crippen LogP contribution < -0.4 is 15.4 Å². The minimum atomic E-state index is -1.19. The third-order valence-electron chi connectivity index (χ3n) is 4.26. The first kappa shape index (κ1) is 23.3. The molecule has 156 valence electrons. The predicted octanol–water partition coefficient (Wildman–Crippen LogP) is 0.0167. The van der Waals surface area contributed by atoms with E-state index >= 15 is 0 Å². The van der Waals surface area contributed by atoms with Crippen LogP contribution in [0.25, 0.3) is 0 Å². The highest BCUT2D eigenvalue weighted by Gasteiger charge is 2.27. The molecule has 3 atom stereocenters. The average Bonchev–Trinajstić information content (AvgIpc) is 2.68. The first-order valence-electron chi connectivity index (χ1n) is 8.71. The molecule has 1 amide bonds. The van der Waals surface area contributed by atoms with E-state index in [4.69, 9.17) is 9.94 Å².